The Morgan fingerprint density at radius 2 is 1.79 bits per heavy atom. The van der Waals surface area contributed by atoms with Crippen molar-refractivity contribution in [3.8, 4) is 0 Å². The van der Waals surface area contributed by atoms with Gasteiger partial charge in [-0.05, 0) is 59.4 Å². The normalized spacial score (nSPS) is 20.7. The van der Waals surface area contributed by atoms with Crippen molar-refractivity contribution in [3.05, 3.63) is 0 Å². The number of rotatable bonds is 4. The number of carbonyl (C=O) groups is 1. The molecule has 0 heterocycles. The summed E-state index contributed by atoms with van der Waals surface area (Å²) in [6.07, 6.45) is 6.63. The summed E-state index contributed by atoms with van der Waals surface area (Å²) in [6.45, 7) is 8.34. The third-order valence-corrected chi connectivity index (χ3v) is 3.96. The highest BCUT2D eigenvalue weighted by Gasteiger charge is 2.36. The van der Waals surface area contributed by atoms with Crippen molar-refractivity contribution in [2.75, 3.05) is 6.54 Å². The minimum Gasteiger partial charge on any atom is -0.444 e. The Morgan fingerprint density at radius 3 is 2.26 bits per heavy atom. The van der Waals surface area contributed by atoms with Crippen molar-refractivity contribution >= 4 is 6.09 Å². The zero-order valence-electron chi connectivity index (χ0n) is 12.9. The third kappa shape index (κ3) is 5.39. The van der Waals surface area contributed by atoms with Gasteiger partial charge in [0, 0.05) is 5.54 Å². The molecule has 1 aliphatic carbocycles. The van der Waals surface area contributed by atoms with Crippen LogP contribution in [0.3, 0.4) is 0 Å². The number of hydrogen-bond donors (Lipinski definition) is 2. The molecule has 1 amide bonds. The van der Waals surface area contributed by atoms with Gasteiger partial charge in [0.15, 0.2) is 0 Å². The molecule has 0 aromatic carbocycles. The summed E-state index contributed by atoms with van der Waals surface area (Å²) in [7, 11) is 0. The summed E-state index contributed by atoms with van der Waals surface area (Å²) in [5.41, 5.74) is 5.04. The van der Waals surface area contributed by atoms with Crippen LogP contribution in [0.25, 0.3) is 0 Å². The first-order valence-corrected chi connectivity index (χ1v) is 7.48. The van der Waals surface area contributed by atoms with Crippen molar-refractivity contribution < 1.29 is 9.53 Å². The van der Waals surface area contributed by atoms with E-state index in [0.29, 0.717) is 12.5 Å². The number of alkyl carbamates (subject to hydrolysis) is 1. The molecule has 0 aromatic rings. The Morgan fingerprint density at radius 1 is 1.21 bits per heavy atom. The second-order valence-electron chi connectivity index (χ2n) is 6.92. The van der Waals surface area contributed by atoms with Crippen LogP contribution in [-0.2, 0) is 4.74 Å². The first-order valence-electron chi connectivity index (χ1n) is 7.48. The van der Waals surface area contributed by atoms with Gasteiger partial charge >= 0.3 is 6.09 Å². The maximum atomic E-state index is 12.0. The van der Waals surface area contributed by atoms with Gasteiger partial charge in [-0.25, -0.2) is 4.79 Å². The molecule has 0 aliphatic heterocycles. The minimum absolute atomic E-state index is 0.239. The van der Waals surface area contributed by atoms with Gasteiger partial charge < -0.3 is 15.8 Å². The molecule has 0 saturated heterocycles. The standard InChI is InChI=1S/C15H30N2O2/c1-14(2,3)19-13(18)17-15(4,10-11-16)12-8-6-5-7-9-12/h12H,5-11,16H2,1-4H3,(H,17,18). The molecule has 112 valence electrons. The summed E-state index contributed by atoms with van der Waals surface area (Å²) < 4.78 is 5.38. The number of nitrogens with one attached hydrogen (secondary N) is 1. The molecule has 1 atom stereocenters. The quantitative estimate of drug-likeness (QED) is 0.824. The van der Waals surface area contributed by atoms with E-state index < -0.39 is 5.60 Å². The van der Waals surface area contributed by atoms with Crippen LogP contribution in [0.1, 0.15) is 66.2 Å². The lowest BCUT2D eigenvalue weighted by atomic mass is 9.74. The lowest BCUT2D eigenvalue weighted by Crippen LogP contribution is -2.54. The van der Waals surface area contributed by atoms with Crippen molar-refractivity contribution in [1.82, 2.24) is 5.32 Å². The average molecular weight is 270 g/mol. The molecule has 4 nitrogen and oxygen atoms in total. The SMILES string of the molecule is CC(C)(C)OC(=O)NC(C)(CCN)C1CCCCC1. The van der Waals surface area contributed by atoms with E-state index in [1.54, 1.807) is 0 Å². The fraction of sp³-hybridized carbons (Fsp3) is 0.933. The van der Waals surface area contributed by atoms with Crippen LogP contribution in [0.15, 0.2) is 0 Å². The smallest absolute Gasteiger partial charge is 0.408 e. The van der Waals surface area contributed by atoms with Crippen molar-refractivity contribution in [2.45, 2.75) is 77.4 Å². The zero-order valence-corrected chi connectivity index (χ0v) is 12.9. The lowest BCUT2D eigenvalue weighted by molar-refractivity contribution is 0.0391. The second-order valence-corrected chi connectivity index (χ2v) is 6.92. The maximum Gasteiger partial charge on any atom is 0.408 e. The lowest BCUT2D eigenvalue weighted by Gasteiger charge is -2.40. The minimum atomic E-state index is -0.458. The van der Waals surface area contributed by atoms with Gasteiger partial charge in [-0.15, -0.1) is 0 Å². The molecule has 1 unspecified atom stereocenters. The molecule has 1 aliphatic rings. The number of ether oxygens (including phenoxy) is 1. The molecule has 19 heavy (non-hydrogen) atoms. The molecular weight excluding hydrogens is 240 g/mol. The van der Waals surface area contributed by atoms with Gasteiger partial charge in [0.25, 0.3) is 0 Å². The molecule has 1 rings (SSSR count). The van der Waals surface area contributed by atoms with Gasteiger partial charge in [0.1, 0.15) is 5.60 Å². The molecular formula is C15H30N2O2. The Labute approximate surface area is 117 Å². The van der Waals surface area contributed by atoms with E-state index in [0.717, 1.165) is 6.42 Å². The highest BCUT2D eigenvalue weighted by molar-refractivity contribution is 5.68. The zero-order chi connectivity index (χ0) is 14.5. The predicted molar refractivity (Wildman–Crippen MR) is 78.0 cm³/mol. The molecule has 3 N–H and O–H groups in total. The van der Waals surface area contributed by atoms with E-state index in [2.05, 4.69) is 12.2 Å². The fourth-order valence-electron chi connectivity index (χ4n) is 2.95. The predicted octanol–water partition coefficient (Wildman–Crippen LogP) is 3.20. The number of amides is 1. The summed E-state index contributed by atoms with van der Waals surface area (Å²) >= 11 is 0. The van der Waals surface area contributed by atoms with E-state index in [-0.39, 0.29) is 11.6 Å². The van der Waals surface area contributed by atoms with E-state index >= 15 is 0 Å². The first-order chi connectivity index (χ1) is 8.77. The summed E-state index contributed by atoms with van der Waals surface area (Å²) in [4.78, 5) is 12.0. The van der Waals surface area contributed by atoms with Crippen molar-refractivity contribution in [3.63, 3.8) is 0 Å². The van der Waals surface area contributed by atoms with Crippen LogP contribution in [0.2, 0.25) is 0 Å². The molecule has 0 bridgehead atoms. The van der Waals surface area contributed by atoms with Gasteiger partial charge in [0.2, 0.25) is 0 Å². The molecule has 1 fully saturated rings. The Hall–Kier alpha value is -0.770. The molecule has 0 aromatic heterocycles. The monoisotopic (exact) mass is 270 g/mol. The maximum absolute atomic E-state index is 12.0. The van der Waals surface area contributed by atoms with Crippen LogP contribution in [-0.4, -0.2) is 23.8 Å². The van der Waals surface area contributed by atoms with Crippen LogP contribution < -0.4 is 11.1 Å². The number of nitrogens with two attached hydrogens (primary N) is 1. The van der Waals surface area contributed by atoms with Gasteiger partial charge in [0.05, 0.1) is 0 Å². The Balaban J connectivity index is 2.66. The van der Waals surface area contributed by atoms with E-state index in [1.807, 2.05) is 20.8 Å². The van der Waals surface area contributed by atoms with Crippen LogP contribution in [0.5, 0.6) is 0 Å². The average Bonchev–Trinajstić information content (AvgIpc) is 2.27. The third-order valence-electron chi connectivity index (χ3n) is 3.96. The van der Waals surface area contributed by atoms with Crippen molar-refractivity contribution in [2.24, 2.45) is 11.7 Å². The summed E-state index contributed by atoms with van der Waals surface area (Å²) in [6, 6.07) is 0. The van der Waals surface area contributed by atoms with Crippen LogP contribution in [0.4, 0.5) is 4.79 Å². The molecule has 1 saturated carbocycles. The van der Waals surface area contributed by atoms with Gasteiger partial charge in [-0.3, -0.25) is 0 Å². The van der Waals surface area contributed by atoms with E-state index in [9.17, 15) is 4.79 Å². The van der Waals surface area contributed by atoms with Gasteiger partial charge in [-0.1, -0.05) is 19.3 Å². The summed E-state index contributed by atoms with van der Waals surface area (Å²) in [5.74, 6) is 0.511. The number of hydrogen-bond acceptors (Lipinski definition) is 3. The first kappa shape index (κ1) is 16.3. The topological polar surface area (TPSA) is 64.3 Å². The summed E-state index contributed by atoms with van der Waals surface area (Å²) in [5, 5.41) is 3.08. The second kappa shape index (κ2) is 6.60. The van der Waals surface area contributed by atoms with E-state index in [4.69, 9.17) is 10.5 Å². The Kier molecular flexibility index (Phi) is 5.65. The van der Waals surface area contributed by atoms with Crippen molar-refractivity contribution in [1.29, 1.82) is 0 Å². The fourth-order valence-corrected chi connectivity index (χ4v) is 2.95. The molecule has 0 spiro atoms. The Bertz CT molecular complexity index is 293. The largest absolute Gasteiger partial charge is 0.444 e. The molecule has 0 radical (unpaired) electrons. The van der Waals surface area contributed by atoms with Crippen LogP contribution in [0, 0.1) is 5.92 Å². The number of carbonyl (C=O) groups excluding carboxylic acids is 1. The highest BCUT2D eigenvalue weighted by atomic mass is 16.6. The highest BCUT2D eigenvalue weighted by Crippen LogP contribution is 2.34. The van der Waals surface area contributed by atoms with Crippen LogP contribution >= 0.6 is 0 Å². The van der Waals surface area contributed by atoms with E-state index in [1.165, 1.54) is 32.1 Å². The molecule has 4 heteroatoms. The van der Waals surface area contributed by atoms with Gasteiger partial charge in [-0.2, -0.15) is 0 Å².